The van der Waals surface area contributed by atoms with Gasteiger partial charge in [0.1, 0.15) is 11.5 Å². The van der Waals surface area contributed by atoms with Crippen LogP contribution in [-0.4, -0.2) is 5.71 Å². The molecule has 1 N–H and O–H groups in total. The molecule has 2 aromatic rings. The molecule has 4 heteroatoms. The highest BCUT2D eigenvalue weighted by molar-refractivity contribution is 6.30. The maximum Gasteiger partial charge on any atom is 0.149 e. The van der Waals surface area contributed by atoms with Gasteiger partial charge in [0.2, 0.25) is 0 Å². The van der Waals surface area contributed by atoms with Crippen LogP contribution in [0.1, 0.15) is 12.7 Å². The average Bonchev–Trinajstić information content (AvgIpc) is 2.81. The SMILES string of the molecule is C/C(=N/Nc1ccc(Cl)cc1)c1ccco1. The summed E-state index contributed by atoms with van der Waals surface area (Å²) in [7, 11) is 0. The molecule has 0 atom stereocenters. The van der Waals surface area contributed by atoms with E-state index in [0.717, 1.165) is 17.2 Å². The lowest BCUT2D eigenvalue weighted by molar-refractivity contribution is 0.557. The van der Waals surface area contributed by atoms with Crippen molar-refractivity contribution in [2.24, 2.45) is 5.10 Å². The van der Waals surface area contributed by atoms with E-state index in [9.17, 15) is 0 Å². The van der Waals surface area contributed by atoms with E-state index >= 15 is 0 Å². The summed E-state index contributed by atoms with van der Waals surface area (Å²) >= 11 is 5.78. The van der Waals surface area contributed by atoms with Crippen LogP contribution in [-0.2, 0) is 0 Å². The van der Waals surface area contributed by atoms with Gasteiger partial charge < -0.3 is 4.42 Å². The van der Waals surface area contributed by atoms with Crippen molar-refractivity contribution >= 4 is 23.0 Å². The van der Waals surface area contributed by atoms with Gasteiger partial charge >= 0.3 is 0 Å². The molecule has 3 nitrogen and oxygen atoms in total. The lowest BCUT2D eigenvalue weighted by Crippen LogP contribution is -1.97. The zero-order chi connectivity index (χ0) is 11.4. The van der Waals surface area contributed by atoms with Crippen LogP contribution in [0.2, 0.25) is 5.02 Å². The predicted octanol–water partition coefficient (Wildman–Crippen LogP) is 3.77. The first-order chi connectivity index (χ1) is 7.75. The number of hydrogen-bond donors (Lipinski definition) is 1. The van der Waals surface area contributed by atoms with Gasteiger partial charge in [-0.05, 0) is 43.3 Å². The van der Waals surface area contributed by atoms with E-state index in [1.807, 2.05) is 43.3 Å². The smallest absolute Gasteiger partial charge is 0.149 e. The number of halogens is 1. The second-order valence-corrected chi connectivity index (χ2v) is 3.73. The lowest BCUT2D eigenvalue weighted by atomic mass is 10.3. The summed E-state index contributed by atoms with van der Waals surface area (Å²) in [6.07, 6.45) is 1.62. The van der Waals surface area contributed by atoms with Crippen molar-refractivity contribution in [1.29, 1.82) is 0 Å². The molecule has 1 aromatic heterocycles. The van der Waals surface area contributed by atoms with E-state index in [1.54, 1.807) is 6.26 Å². The number of furan rings is 1. The summed E-state index contributed by atoms with van der Waals surface area (Å²) in [5, 5.41) is 4.90. The Morgan fingerprint density at radius 3 is 2.62 bits per heavy atom. The molecule has 0 spiro atoms. The quantitative estimate of drug-likeness (QED) is 0.649. The minimum absolute atomic E-state index is 0.706. The summed E-state index contributed by atoms with van der Waals surface area (Å²) in [4.78, 5) is 0. The Labute approximate surface area is 98.7 Å². The Kier molecular flexibility index (Phi) is 3.27. The maximum absolute atomic E-state index is 5.78. The zero-order valence-corrected chi connectivity index (χ0v) is 9.53. The van der Waals surface area contributed by atoms with Crippen LogP contribution < -0.4 is 5.43 Å². The third kappa shape index (κ3) is 2.64. The Morgan fingerprint density at radius 2 is 2.00 bits per heavy atom. The van der Waals surface area contributed by atoms with Gasteiger partial charge in [0.15, 0.2) is 0 Å². The lowest BCUT2D eigenvalue weighted by Gasteiger charge is -2.01. The highest BCUT2D eigenvalue weighted by atomic mass is 35.5. The van der Waals surface area contributed by atoms with E-state index < -0.39 is 0 Å². The molecular weight excluding hydrogens is 224 g/mol. The second-order valence-electron chi connectivity index (χ2n) is 3.29. The monoisotopic (exact) mass is 234 g/mol. The van der Waals surface area contributed by atoms with Gasteiger partial charge in [-0.25, -0.2) is 0 Å². The second kappa shape index (κ2) is 4.86. The molecule has 0 unspecified atom stereocenters. The van der Waals surface area contributed by atoms with Crippen LogP contribution in [0.3, 0.4) is 0 Å². The highest BCUT2D eigenvalue weighted by Gasteiger charge is 1.99. The Morgan fingerprint density at radius 1 is 1.25 bits per heavy atom. The Bertz CT molecular complexity index is 474. The van der Waals surface area contributed by atoms with Crippen LogP contribution in [0.25, 0.3) is 0 Å². The van der Waals surface area contributed by atoms with E-state index in [4.69, 9.17) is 16.0 Å². The van der Waals surface area contributed by atoms with Gasteiger partial charge in [0, 0.05) is 5.02 Å². The summed E-state index contributed by atoms with van der Waals surface area (Å²) < 4.78 is 5.21. The fraction of sp³-hybridized carbons (Fsp3) is 0.0833. The molecule has 82 valence electrons. The minimum Gasteiger partial charge on any atom is -0.463 e. The summed E-state index contributed by atoms with van der Waals surface area (Å²) in [6, 6.07) is 11.0. The van der Waals surface area contributed by atoms with E-state index in [0.29, 0.717) is 5.02 Å². The number of rotatable bonds is 3. The van der Waals surface area contributed by atoms with Crippen molar-refractivity contribution in [3.8, 4) is 0 Å². The number of nitrogens with zero attached hydrogens (tertiary/aromatic N) is 1. The number of hydrogen-bond acceptors (Lipinski definition) is 3. The van der Waals surface area contributed by atoms with Gasteiger partial charge in [-0.1, -0.05) is 11.6 Å². The highest BCUT2D eigenvalue weighted by Crippen LogP contribution is 2.13. The van der Waals surface area contributed by atoms with Crippen LogP contribution in [0.5, 0.6) is 0 Å². The first-order valence-corrected chi connectivity index (χ1v) is 5.23. The topological polar surface area (TPSA) is 37.5 Å². The molecule has 0 radical (unpaired) electrons. The van der Waals surface area contributed by atoms with Crippen LogP contribution in [0.4, 0.5) is 5.69 Å². The molecule has 0 aliphatic heterocycles. The first kappa shape index (κ1) is 10.8. The molecule has 0 bridgehead atoms. The molecule has 0 fully saturated rings. The Balaban J connectivity index is 2.06. The molecule has 16 heavy (non-hydrogen) atoms. The largest absolute Gasteiger partial charge is 0.463 e. The van der Waals surface area contributed by atoms with Crippen molar-refractivity contribution in [2.75, 3.05) is 5.43 Å². The van der Waals surface area contributed by atoms with Crippen molar-refractivity contribution < 1.29 is 4.42 Å². The molecule has 1 aromatic carbocycles. The normalized spacial score (nSPS) is 11.5. The van der Waals surface area contributed by atoms with E-state index in [1.165, 1.54) is 0 Å². The Hall–Kier alpha value is -1.74. The summed E-state index contributed by atoms with van der Waals surface area (Å²) in [6.45, 7) is 1.88. The van der Waals surface area contributed by atoms with Crippen LogP contribution in [0, 0.1) is 0 Å². The molecule has 0 aliphatic carbocycles. The van der Waals surface area contributed by atoms with Gasteiger partial charge in [-0.15, -0.1) is 0 Å². The maximum atomic E-state index is 5.78. The standard InChI is InChI=1S/C12H11ClN2O/c1-9(12-3-2-8-16-12)14-15-11-6-4-10(13)5-7-11/h2-8,15H,1H3/b14-9-. The van der Waals surface area contributed by atoms with Crippen molar-refractivity contribution in [3.63, 3.8) is 0 Å². The predicted molar refractivity (Wildman–Crippen MR) is 66.0 cm³/mol. The van der Waals surface area contributed by atoms with Crippen LogP contribution in [0.15, 0.2) is 52.2 Å². The van der Waals surface area contributed by atoms with Gasteiger partial charge in [-0.2, -0.15) is 5.10 Å². The molecule has 1 heterocycles. The zero-order valence-electron chi connectivity index (χ0n) is 8.77. The molecule has 2 rings (SSSR count). The fourth-order valence-corrected chi connectivity index (χ4v) is 1.34. The molecule has 0 saturated carbocycles. The van der Waals surface area contributed by atoms with Crippen molar-refractivity contribution in [3.05, 3.63) is 53.4 Å². The van der Waals surface area contributed by atoms with Crippen molar-refractivity contribution in [1.82, 2.24) is 0 Å². The summed E-state index contributed by atoms with van der Waals surface area (Å²) in [5.41, 5.74) is 4.61. The number of hydrazone groups is 1. The number of anilines is 1. The van der Waals surface area contributed by atoms with Gasteiger partial charge in [0.25, 0.3) is 0 Å². The van der Waals surface area contributed by atoms with Gasteiger partial charge in [-0.3, -0.25) is 5.43 Å². The minimum atomic E-state index is 0.706. The van der Waals surface area contributed by atoms with Crippen molar-refractivity contribution in [2.45, 2.75) is 6.92 Å². The number of benzene rings is 1. The fourth-order valence-electron chi connectivity index (χ4n) is 1.21. The first-order valence-electron chi connectivity index (χ1n) is 4.85. The third-order valence-electron chi connectivity index (χ3n) is 2.07. The van der Waals surface area contributed by atoms with E-state index in [2.05, 4.69) is 10.5 Å². The molecule has 0 amide bonds. The van der Waals surface area contributed by atoms with Crippen LogP contribution >= 0.6 is 11.6 Å². The molecular formula is C12H11ClN2O. The molecule has 0 aliphatic rings. The van der Waals surface area contributed by atoms with E-state index in [-0.39, 0.29) is 0 Å². The molecule has 0 saturated heterocycles. The summed E-state index contributed by atoms with van der Waals surface area (Å²) in [5.74, 6) is 0.751. The third-order valence-corrected chi connectivity index (χ3v) is 2.33. The number of nitrogens with one attached hydrogen (secondary N) is 1. The average molecular weight is 235 g/mol. The van der Waals surface area contributed by atoms with Gasteiger partial charge in [0.05, 0.1) is 12.0 Å².